The standard InChI is InChI=1S/C6H14O3.2C5H12O2.H4O5P2/c1-5(8)4-9-6(2)3-7;2*1-5(2,3-6)4-7;1-6(2)5-7(3)4/h5-8H,3-4H2,1-2H3;2*6-7H,3-4H2,1-2H3;1-4H. The van der Waals surface area contributed by atoms with Crippen LogP contribution in [0.3, 0.4) is 0 Å². The van der Waals surface area contributed by atoms with Crippen molar-refractivity contribution in [2.45, 2.75) is 53.8 Å². The van der Waals surface area contributed by atoms with Gasteiger partial charge in [-0.1, -0.05) is 27.7 Å². The molecule has 0 saturated heterocycles. The molecule has 10 N–H and O–H groups in total. The van der Waals surface area contributed by atoms with Crippen molar-refractivity contribution in [1.82, 2.24) is 0 Å². The lowest BCUT2D eigenvalue weighted by Gasteiger charge is -2.16. The van der Waals surface area contributed by atoms with Crippen molar-refractivity contribution < 1.29 is 59.3 Å². The maximum atomic E-state index is 8.69. The molecule has 0 aliphatic carbocycles. The predicted octanol–water partition coefficient (Wildman–Crippen LogP) is -0.815. The van der Waals surface area contributed by atoms with Crippen molar-refractivity contribution in [1.29, 1.82) is 0 Å². The van der Waals surface area contributed by atoms with E-state index in [1.807, 2.05) is 0 Å². The summed E-state index contributed by atoms with van der Waals surface area (Å²) in [5.41, 5.74) is -0.611. The Kier molecular flexibility index (Phi) is 28.3. The zero-order valence-electron chi connectivity index (χ0n) is 18.6. The number of aliphatic hydroxyl groups excluding tert-OH is 6. The average molecular weight is 488 g/mol. The van der Waals surface area contributed by atoms with Crippen molar-refractivity contribution in [3.63, 3.8) is 0 Å². The van der Waals surface area contributed by atoms with E-state index in [9.17, 15) is 0 Å². The molecule has 0 spiro atoms. The maximum absolute atomic E-state index is 8.69. The van der Waals surface area contributed by atoms with Crippen molar-refractivity contribution >= 4 is 17.2 Å². The lowest BCUT2D eigenvalue weighted by atomic mass is 9.97. The summed E-state index contributed by atoms with van der Waals surface area (Å²) in [5.74, 6) is 0. The van der Waals surface area contributed by atoms with Gasteiger partial charge in [-0.25, -0.2) is 4.31 Å². The molecular weight excluding hydrogens is 446 g/mol. The summed E-state index contributed by atoms with van der Waals surface area (Å²) in [6.07, 6.45) is -0.612. The molecule has 2 unspecified atom stereocenters. The van der Waals surface area contributed by atoms with E-state index in [2.05, 4.69) is 4.31 Å². The first kappa shape index (κ1) is 37.7. The molecule has 0 amide bonds. The first-order valence-electron chi connectivity index (χ1n) is 8.91. The average Bonchev–Trinajstić information content (AvgIpc) is 2.66. The Labute approximate surface area is 181 Å². The van der Waals surface area contributed by atoms with Crippen LogP contribution in [-0.4, -0.2) is 102 Å². The van der Waals surface area contributed by atoms with E-state index in [-0.39, 0.29) is 50.0 Å². The Morgan fingerprint density at radius 3 is 1.10 bits per heavy atom. The van der Waals surface area contributed by atoms with Gasteiger partial charge >= 0.3 is 17.2 Å². The van der Waals surface area contributed by atoms with E-state index in [1.165, 1.54) is 0 Å². The molecule has 0 rings (SSSR count). The predicted molar refractivity (Wildman–Crippen MR) is 114 cm³/mol. The van der Waals surface area contributed by atoms with E-state index in [1.54, 1.807) is 41.5 Å². The molecule has 0 radical (unpaired) electrons. The normalized spacial score (nSPS) is 13.4. The highest BCUT2D eigenvalue weighted by Gasteiger charge is 2.13. The molecule has 0 aromatic rings. The highest BCUT2D eigenvalue weighted by molar-refractivity contribution is 7.53. The Hall–Kier alpha value is 0.380. The second-order valence-electron chi connectivity index (χ2n) is 7.72. The zero-order chi connectivity index (χ0) is 25.0. The topological polar surface area (TPSA) is 221 Å². The van der Waals surface area contributed by atoms with Crippen LogP contribution in [0.4, 0.5) is 0 Å². The van der Waals surface area contributed by atoms with E-state index in [0.29, 0.717) is 6.61 Å². The molecule has 0 bridgehead atoms. The monoisotopic (exact) mass is 488 g/mol. The molecule has 188 valence electrons. The smallest absolute Gasteiger partial charge is 0.334 e. The fraction of sp³-hybridized carbons (Fsp3) is 1.00. The third-order valence-corrected chi connectivity index (χ3v) is 3.91. The molecule has 0 aliphatic rings. The molecule has 0 aromatic heterocycles. The third-order valence-electron chi connectivity index (χ3n) is 2.74. The fourth-order valence-corrected chi connectivity index (χ4v) is 1.04. The molecular formula is C16H42O12P2. The summed E-state index contributed by atoms with van der Waals surface area (Å²) in [4.78, 5) is 31.3. The van der Waals surface area contributed by atoms with Crippen molar-refractivity contribution in [3.05, 3.63) is 0 Å². The van der Waals surface area contributed by atoms with Crippen LogP contribution in [0.25, 0.3) is 0 Å². The van der Waals surface area contributed by atoms with Crippen LogP contribution in [0.15, 0.2) is 0 Å². The number of rotatable bonds is 10. The highest BCUT2D eigenvalue weighted by Crippen LogP contribution is 2.41. The number of ether oxygens (including phenoxy) is 1. The Morgan fingerprint density at radius 2 is 1.00 bits per heavy atom. The van der Waals surface area contributed by atoms with Crippen LogP contribution in [0.1, 0.15) is 41.5 Å². The van der Waals surface area contributed by atoms with Gasteiger partial charge in [0.15, 0.2) is 0 Å². The molecule has 12 nitrogen and oxygen atoms in total. The third kappa shape index (κ3) is 38.9. The second kappa shape index (κ2) is 22.6. The first-order chi connectivity index (χ1) is 13.5. The Bertz CT molecular complexity index is 310. The largest absolute Gasteiger partial charge is 0.396 e. The van der Waals surface area contributed by atoms with Crippen LogP contribution in [0.5, 0.6) is 0 Å². The van der Waals surface area contributed by atoms with E-state index in [0.717, 1.165) is 0 Å². The number of aliphatic hydroxyl groups is 6. The van der Waals surface area contributed by atoms with Crippen LogP contribution < -0.4 is 0 Å². The van der Waals surface area contributed by atoms with Gasteiger partial charge in [0.05, 0.1) is 51.8 Å². The van der Waals surface area contributed by atoms with Crippen LogP contribution in [0.2, 0.25) is 0 Å². The van der Waals surface area contributed by atoms with Gasteiger partial charge in [0.1, 0.15) is 0 Å². The zero-order valence-corrected chi connectivity index (χ0v) is 20.4. The molecule has 0 aliphatic heterocycles. The lowest BCUT2D eigenvalue weighted by Crippen LogP contribution is -2.20. The summed E-state index contributed by atoms with van der Waals surface area (Å²) < 4.78 is 8.55. The van der Waals surface area contributed by atoms with Crippen molar-refractivity contribution in [2.75, 3.05) is 39.6 Å². The van der Waals surface area contributed by atoms with E-state index in [4.69, 9.17) is 54.9 Å². The van der Waals surface area contributed by atoms with Crippen molar-refractivity contribution in [2.24, 2.45) is 10.8 Å². The number of hydrogen-bond acceptors (Lipinski definition) is 12. The molecule has 14 heteroatoms. The molecule has 0 aromatic carbocycles. The van der Waals surface area contributed by atoms with Gasteiger partial charge in [-0.05, 0) is 13.8 Å². The summed E-state index contributed by atoms with van der Waals surface area (Å²) in [7, 11) is -5.22. The minimum atomic E-state index is -2.61. The van der Waals surface area contributed by atoms with Crippen molar-refractivity contribution in [3.8, 4) is 0 Å². The lowest BCUT2D eigenvalue weighted by molar-refractivity contribution is -0.0177. The Morgan fingerprint density at radius 1 is 0.700 bits per heavy atom. The molecule has 0 fully saturated rings. The maximum Gasteiger partial charge on any atom is 0.334 e. The highest BCUT2D eigenvalue weighted by atomic mass is 31.2. The summed E-state index contributed by atoms with van der Waals surface area (Å²) in [6.45, 7) is 11.1. The molecule has 2 atom stereocenters. The summed E-state index contributed by atoms with van der Waals surface area (Å²) in [5, 5.41) is 50.9. The van der Waals surface area contributed by atoms with Gasteiger partial charge in [-0.3, -0.25) is 0 Å². The Balaban J connectivity index is -0.000000151. The summed E-state index contributed by atoms with van der Waals surface area (Å²) in [6, 6.07) is 0. The molecule has 0 saturated carbocycles. The minimum absolute atomic E-state index is 0.00667. The fourth-order valence-electron chi connectivity index (χ4n) is 0.522. The summed E-state index contributed by atoms with van der Waals surface area (Å²) >= 11 is 0. The van der Waals surface area contributed by atoms with Crippen LogP contribution >= 0.6 is 17.2 Å². The van der Waals surface area contributed by atoms with E-state index < -0.39 is 23.3 Å². The quantitative estimate of drug-likeness (QED) is 0.171. The van der Waals surface area contributed by atoms with Gasteiger partial charge < -0.3 is 54.9 Å². The number of hydrogen-bond donors (Lipinski definition) is 10. The van der Waals surface area contributed by atoms with E-state index >= 15 is 0 Å². The first-order valence-corrected chi connectivity index (χ1v) is 11.2. The minimum Gasteiger partial charge on any atom is -0.396 e. The SMILES string of the molecule is CC(C)(CO)CO.CC(C)(CO)CO.CC(O)COC(C)CO.OP(O)OP(O)O. The van der Waals surface area contributed by atoms with Crippen LogP contribution in [0, 0.1) is 10.8 Å². The molecule has 0 heterocycles. The van der Waals surface area contributed by atoms with Gasteiger partial charge in [-0.15, -0.1) is 0 Å². The van der Waals surface area contributed by atoms with Gasteiger partial charge in [0, 0.05) is 10.8 Å². The van der Waals surface area contributed by atoms with Gasteiger partial charge in [-0.2, -0.15) is 0 Å². The van der Waals surface area contributed by atoms with Crippen LogP contribution in [-0.2, 0) is 9.05 Å². The van der Waals surface area contributed by atoms with Gasteiger partial charge in [0.2, 0.25) is 0 Å². The van der Waals surface area contributed by atoms with Gasteiger partial charge in [0.25, 0.3) is 0 Å². The second-order valence-corrected chi connectivity index (χ2v) is 9.39. The molecule has 30 heavy (non-hydrogen) atoms.